The second-order valence-corrected chi connectivity index (χ2v) is 33.6. The molecule has 0 saturated heterocycles. The molecule has 0 amide bonds. The molecule has 88 heavy (non-hydrogen) atoms. The fourth-order valence-corrected chi connectivity index (χ4v) is 21.9. The Bertz CT molecular complexity index is 2190. The fraction of sp³-hybridized carbons (Fsp3) is 0.854. The molecule has 9 rings (SSSR count). The molecular weight excluding hydrogens is 1080 g/mol. The molecule has 6 saturated carbocycles. The molecule has 498 valence electrons. The van der Waals surface area contributed by atoms with Gasteiger partial charge in [0.25, 0.3) is 0 Å². The van der Waals surface area contributed by atoms with Crippen LogP contribution in [-0.4, -0.2) is 37.4 Å². The Morgan fingerprint density at radius 2 is 0.784 bits per heavy atom. The van der Waals surface area contributed by atoms with Crippen molar-refractivity contribution in [3.8, 4) is 11.5 Å². The number of hydrogen-bond acceptors (Lipinski definition) is 6. The Labute approximate surface area is 541 Å². The van der Waals surface area contributed by atoms with Crippen molar-refractivity contribution in [1.29, 1.82) is 0 Å². The number of hydrogen-bond donors (Lipinski definition) is 0. The van der Waals surface area contributed by atoms with E-state index in [0.717, 1.165) is 160 Å². The summed E-state index contributed by atoms with van der Waals surface area (Å²) in [5.74, 6) is 12.2. The van der Waals surface area contributed by atoms with Gasteiger partial charge in [-0.3, -0.25) is 9.59 Å². The molecular formula is C82H134O6. The van der Waals surface area contributed by atoms with E-state index in [1.807, 2.05) is 24.3 Å². The molecule has 0 unspecified atom stereocenters. The largest absolute Gasteiger partial charge is 0.494 e. The highest BCUT2D eigenvalue weighted by molar-refractivity contribution is 5.70. The number of allylic oxidation sites excluding steroid dienone is 2. The zero-order chi connectivity index (χ0) is 62.3. The molecule has 0 aliphatic heterocycles. The quantitative estimate of drug-likeness (QED) is 0.0379. The highest BCUT2D eigenvalue weighted by Crippen LogP contribution is 2.69. The third kappa shape index (κ3) is 17.5. The summed E-state index contributed by atoms with van der Waals surface area (Å²) in [5.41, 5.74) is 4.93. The van der Waals surface area contributed by atoms with Crippen LogP contribution < -0.4 is 9.47 Å². The van der Waals surface area contributed by atoms with E-state index in [9.17, 15) is 9.59 Å². The van der Waals surface area contributed by atoms with Gasteiger partial charge in [-0.05, 0) is 233 Å². The minimum absolute atomic E-state index is 0.0335. The average molecular weight is 1220 g/mol. The number of esters is 2. The predicted molar refractivity (Wildman–Crippen MR) is 366 cm³/mol. The number of ether oxygens (including phenoxy) is 4. The normalized spacial score (nSPS) is 33.9. The number of fused-ring (bicyclic) bond motifs is 10. The minimum atomic E-state index is 0.0335. The molecule has 0 aromatic heterocycles. The van der Waals surface area contributed by atoms with Crippen molar-refractivity contribution in [3.05, 3.63) is 47.6 Å². The van der Waals surface area contributed by atoms with Gasteiger partial charge in [-0.15, -0.1) is 0 Å². The smallest absolute Gasteiger partial charge is 0.306 e. The molecule has 0 spiro atoms. The first-order valence-corrected chi connectivity index (χ1v) is 38.5. The summed E-state index contributed by atoms with van der Waals surface area (Å²) in [6.07, 6.45) is 53.9. The van der Waals surface area contributed by atoms with Crippen molar-refractivity contribution in [3.63, 3.8) is 0 Å². The zero-order valence-electron chi connectivity index (χ0n) is 58.7. The van der Waals surface area contributed by atoms with Crippen molar-refractivity contribution < 1.29 is 28.5 Å². The summed E-state index contributed by atoms with van der Waals surface area (Å²) in [4.78, 5) is 26.1. The summed E-state index contributed by atoms with van der Waals surface area (Å²) < 4.78 is 24.5. The van der Waals surface area contributed by atoms with E-state index < -0.39 is 0 Å². The molecule has 16 atom stereocenters. The molecule has 0 bridgehead atoms. The number of carbonyl (C=O) groups is 2. The van der Waals surface area contributed by atoms with E-state index >= 15 is 0 Å². The van der Waals surface area contributed by atoms with Crippen LogP contribution in [-0.2, 0) is 19.1 Å². The molecule has 1 aromatic carbocycles. The third-order valence-electron chi connectivity index (χ3n) is 27.0. The lowest BCUT2D eigenvalue weighted by molar-refractivity contribution is -0.152. The highest BCUT2D eigenvalue weighted by Gasteiger charge is 2.61. The molecule has 6 heteroatoms. The van der Waals surface area contributed by atoms with Crippen LogP contribution in [0.4, 0.5) is 0 Å². The van der Waals surface area contributed by atoms with Crippen molar-refractivity contribution in [2.24, 2.45) is 92.7 Å². The Morgan fingerprint density at radius 1 is 0.420 bits per heavy atom. The van der Waals surface area contributed by atoms with Crippen LogP contribution in [0.15, 0.2) is 47.6 Å². The molecule has 6 nitrogen and oxygen atoms in total. The van der Waals surface area contributed by atoms with E-state index in [1.54, 1.807) is 11.1 Å². The van der Waals surface area contributed by atoms with Crippen molar-refractivity contribution in [2.75, 3.05) is 13.2 Å². The van der Waals surface area contributed by atoms with Crippen LogP contribution in [0.25, 0.3) is 0 Å². The predicted octanol–water partition coefficient (Wildman–Crippen LogP) is 23.4. The zero-order valence-corrected chi connectivity index (χ0v) is 58.7. The van der Waals surface area contributed by atoms with E-state index in [0.29, 0.717) is 34.5 Å². The van der Waals surface area contributed by atoms with Crippen LogP contribution in [0.3, 0.4) is 0 Å². The summed E-state index contributed by atoms with van der Waals surface area (Å²) in [6.45, 7) is 26.8. The van der Waals surface area contributed by atoms with Gasteiger partial charge in [0.2, 0.25) is 0 Å². The summed E-state index contributed by atoms with van der Waals surface area (Å²) in [5, 5.41) is 0. The van der Waals surface area contributed by atoms with Gasteiger partial charge in [0.05, 0.1) is 13.2 Å². The Kier molecular flexibility index (Phi) is 26.0. The van der Waals surface area contributed by atoms with Crippen LogP contribution >= 0.6 is 0 Å². The van der Waals surface area contributed by atoms with Crippen LogP contribution in [0.5, 0.6) is 11.5 Å². The first-order valence-electron chi connectivity index (χ1n) is 38.5. The van der Waals surface area contributed by atoms with E-state index in [2.05, 4.69) is 81.4 Å². The van der Waals surface area contributed by atoms with Crippen molar-refractivity contribution >= 4 is 11.9 Å². The Morgan fingerprint density at radius 3 is 1.16 bits per heavy atom. The second-order valence-electron chi connectivity index (χ2n) is 33.6. The molecule has 0 heterocycles. The monoisotopic (exact) mass is 1220 g/mol. The highest BCUT2D eigenvalue weighted by atomic mass is 16.5. The third-order valence-corrected chi connectivity index (χ3v) is 27.0. The maximum Gasteiger partial charge on any atom is 0.306 e. The Hall–Kier alpha value is -2.76. The second kappa shape index (κ2) is 32.9. The first-order chi connectivity index (χ1) is 42.4. The van der Waals surface area contributed by atoms with Gasteiger partial charge in [0, 0.05) is 25.7 Å². The van der Waals surface area contributed by atoms with Gasteiger partial charge in [0.15, 0.2) is 0 Å². The van der Waals surface area contributed by atoms with E-state index in [-0.39, 0.29) is 24.1 Å². The molecule has 8 aliphatic carbocycles. The number of rotatable bonds is 36. The lowest BCUT2D eigenvalue weighted by Crippen LogP contribution is -2.51. The van der Waals surface area contributed by atoms with Crippen LogP contribution in [0, 0.1) is 92.7 Å². The average Bonchev–Trinajstić information content (AvgIpc) is 1.39. The summed E-state index contributed by atoms with van der Waals surface area (Å²) >= 11 is 0. The Balaban J connectivity index is 0.530. The van der Waals surface area contributed by atoms with E-state index in [4.69, 9.17) is 18.9 Å². The maximum absolute atomic E-state index is 13.0. The number of benzene rings is 1. The number of unbranched alkanes of at least 4 members (excludes halogenated alkanes) is 14. The first kappa shape index (κ1) is 69.6. The van der Waals surface area contributed by atoms with Gasteiger partial charge in [-0.25, -0.2) is 0 Å². The molecule has 1 aromatic rings. The van der Waals surface area contributed by atoms with Crippen molar-refractivity contribution in [1.82, 2.24) is 0 Å². The molecule has 0 N–H and O–H groups in total. The van der Waals surface area contributed by atoms with Gasteiger partial charge < -0.3 is 18.9 Å². The van der Waals surface area contributed by atoms with Gasteiger partial charge in [-0.2, -0.15) is 0 Å². The van der Waals surface area contributed by atoms with Gasteiger partial charge >= 0.3 is 11.9 Å². The topological polar surface area (TPSA) is 71.1 Å². The lowest BCUT2D eigenvalue weighted by atomic mass is 9.47. The number of carbonyl (C=O) groups excluding carboxylic acids is 2. The molecule has 6 fully saturated rings. The maximum atomic E-state index is 13.0. The van der Waals surface area contributed by atoms with Gasteiger partial charge in [0.1, 0.15) is 23.7 Å². The van der Waals surface area contributed by atoms with Crippen LogP contribution in [0.2, 0.25) is 0 Å². The molecule has 8 aliphatic rings. The summed E-state index contributed by atoms with van der Waals surface area (Å²) in [6, 6.07) is 8.17. The summed E-state index contributed by atoms with van der Waals surface area (Å²) in [7, 11) is 0. The SMILES string of the molecule is CC(C)CCC[C@@H](C)[C@H]1CC[C@H]2[C@@H]3CC=C4C[C@@H](OC(=O)CCCCCCCCCCOc5ccc(OCCCCCCCCCCC(=O)O[C@H]6CC[C@@]7(C)C(=CC[C@H]8[C@@H]9CC[C@H]([C@H](C)CCCC(C)C)[C@@]9(C)CC[C@@H]87)C6)cc5)CC[C@]4(C)[C@H]3CC[C@]12C. The standard InChI is InChI=1S/C82H134O6/c1-59(2)29-27-31-61(5)71-43-45-73-69-41-35-63-57-67(47-51-79(63,7)75(69)49-53-81(71,73)9)87-77(83)33-23-19-15-11-13-17-21-25-55-85-65-37-39-66(40-38-65)86-56-26-22-18-14-12-16-20-24-34-78(84)88-68-48-52-80(8)64(58-68)36-42-70-74-46-44-72(62(6)32-28-30-60(3)4)82(74,10)54-50-76(70)80/h35-40,59-62,67-76H,11-34,41-58H2,1-10H3/t61-,62-,67+,68+,69+,70+,71-,72-,73+,74+,75+,76+,79+,80+,81-,82-/m1/s1. The van der Waals surface area contributed by atoms with E-state index in [1.165, 1.54) is 180 Å². The van der Waals surface area contributed by atoms with Crippen LogP contribution in [0.1, 0.15) is 326 Å². The minimum Gasteiger partial charge on any atom is -0.494 e. The fourth-order valence-electron chi connectivity index (χ4n) is 21.9. The van der Waals surface area contributed by atoms with Gasteiger partial charge in [-0.1, -0.05) is 208 Å². The molecule has 0 radical (unpaired) electrons. The van der Waals surface area contributed by atoms with Crippen molar-refractivity contribution in [2.45, 2.75) is 338 Å². The lowest BCUT2D eigenvalue weighted by Gasteiger charge is -2.58.